The van der Waals surface area contributed by atoms with Gasteiger partial charge in [-0.3, -0.25) is 15.3 Å². The summed E-state index contributed by atoms with van der Waals surface area (Å²) in [6.45, 7) is 0. The van der Waals surface area contributed by atoms with Crippen LogP contribution in [0.15, 0.2) is 40.7 Å². The first kappa shape index (κ1) is 13.8. The highest BCUT2D eigenvalue weighted by molar-refractivity contribution is 7.10. The number of hydrogen-bond donors (Lipinski definition) is 0. The molecule has 0 fully saturated rings. The zero-order valence-corrected chi connectivity index (χ0v) is 12.3. The van der Waals surface area contributed by atoms with Crippen LogP contribution in [0.1, 0.15) is 22.3 Å². The van der Waals surface area contributed by atoms with Gasteiger partial charge in [0.1, 0.15) is 6.10 Å². The lowest BCUT2D eigenvalue weighted by atomic mass is 10.1. The second kappa shape index (κ2) is 5.66. The zero-order valence-electron chi connectivity index (χ0n) is 10.7. The van der Waals surface area contributed by atoms with E-state index in [1.165, 1.54) is 28.7 Å². The Bertz CT molecular complexity index is 705. The van der Waals surface area contributed by atoms with Gasteiger partial charge < -0.3 is 4.84 Å². The predicted octanol–water partition coefficient (Wildman–Crippen LogP) is 3.46. The van der Waals surface area contributed by atoms with E-state index in [1.54, 1.807) is 12.1 Å². The number of nitro groups is 1. The van der Waals surface area contributed by atoms with Gasteiger partial charge in [0.2, 0.25) is 0 Å². The quantitative estimate of drug-likeness (QED) is 0.490. The van der Waals surface area contributed by atoms with E-state index in [9.17, 15) is 15.3 Å². The first-order valence-corrected chi connectivity index (χ1v) is 7.84. The molecule has 0 amide bonds. The minimum Gasteiger partial charge on any atom is -0.393 e. The maximum absolute atomic E-state index is 11.9. The standard InChI is InChI=1S/C13H10N2O4S2/c16-14(17)10(7-9-3-1-5-20-9)11-8-12(19-15(11)18)13-4-2-6-21-13/h1-7,12H,8H2/b10-7+. The SMILES string of the molecule is O=[N+]([O-])/C(=C/c1cccs1)C1=[N+]([O-])OC(c2cccs2)C1. The van der Waals surface area contributed by atoms with E-state index < -0.39 is 11.0 Å². The smallest absolute Gasteiger partial charge is 0.342 e. The van der Waals surface area contributed by atoms with E-state index in [0.717, 1.165) is 9.75 Å². The van der Waals surface area contributed by atoms with Crippen molar-refractivity contribution >= 4 is 34.5 Å². The number of nitrogens with zero attached hydrogens (tertiary/aromatic N) is 2. The van der Waals surface area contributed by atoms with Crippen molar-refractivity contribution in [3.05, 3.63) is 65.8 Å². The highest BCUT2D eigenvalue weighted by Gasteiger charge is 2.38. The molecule has 0 radical (unpaired) electrons. The van der Waals surface area contributed by atoms with Crippen LogP contribution in [0.4, 0.5) is 0 Å². The maximum Gasteiger partial charge on any atom is 0.342 e. The normalized spacial score (nSPS) is 18.9. The summed E-state index contributed by atoms with van der Waals surface area (Å²) in [5, 5.41) is 26.8. The third kappa shape index (κ3) is 2.81. The van der Waals surface area contributed by atoms with Gasteiger partial charge in [0.15, 0.2) is 0 Å². The van der Waals surface area contributed by atoms with E-state index >= 15 is 0 Å². The molecule has 0 aliphatic carbocycles. The summed E-state index contributed by atoms with van der Waals surface area (Å²) in [6, 6.07) is 7.26. The number of rotatable bonds is 4. The molecule has 0 saturated heterocycles. The third-order valence-corrected chi connectivity index (χ3v) is 4.78. The first-order valence-electron chi connectivity index (χ1n) is 6.08. The fourth-order valence-electron chi connectivity index (χ4n) is 2.04. The highest BCUT2D eigenvalue weighted by Crippen LogP contribution is 2.32. The Balaban J connectivity index is 1.90. The van der Waals surface area contributed by atoms with E-state index in [0.29, 0.717) is 0 Å². The molecule has 0 bridgehead atoms. The molecule has 6 nitrogen and oxygen atoms in total. The molecule has 1 atom stereocenters. The van der Waals surface area contributed by atoms with Crippen LogP contribution >= 0.6 is 22.7 Å². The predicted molar refractivity (Wildman–Crippen MR) is 80.7 cm³/mol. The molecule has 8 heteroatoms. The summed E-state index contributed by atoms with van der Waals surface area (Å²) < 4.78 is 0. The summed E-state index contributed by atoms with van der Waals surface area (Å²) in [5.74, 6) is 0. The molecular formula is C13H10N2O4S2. The van der Waals surface area contributed by atoms with Gasteiger partial charge in [-0.1, -0.05) is 12.1 Å². The van der Waals surface area contributed by atoms with Crippen molar-refractivity contribution in [2.24, 2.45) is 0 Å². The van der Waals surface area contributed by atoms with Crippen molar-refractivity contribution in [3.63, 3.8) is 0 Å². The van der Waals surface area contributed by atoms with Gasteiger partial charge in [-0.2, -0.15) is 0 Å². The van der Waals surface area contributed by atoms with Crippen LogP contribution in [-0.4, -0.2) is 15.5 Å². The Kier molecular flexibility index (Phi) is 3.72. The Morgan fingerprint density at radius 1 is 1.38 bits per heavy atom. The molecule has 2 aromatic heterocycles. The van der Waals surface area contributed by atoms with Crippen molar-refractivity contribution in [1.82, 2.24) is 0 Å². The average molecular weight is 322 g/mol. The van der Waals surface area contributed by atoms with Crippen LogP contribution < -0.4 is 0 Å². The Hall–Kier alpha value is -2.19. The molecular weight excluding hydrogens is 312 g/mol. The molecule has 0 saturated carbocycles. The third-order valence-electron chi connectivity index (χ3n) is 3.00. The monoisotopic (exact) mass is 322 g/mol. The van der Waals surface area contributed by atoms with Gasteiger partial charge in [-0.15, -0.1) is 22.7 Å². The molecule has 108 valence electrons. The number of allylic oxidation sites excluding steroid dienone is 1. The zero-order chi connectivity index (χ0) is 14.8. The number of hydrogen-bond acceptors (Lipinski definition) is 6. The molecule has 3 heterocycles. The van der Waals surface area contributed by atoms with E-state index in [4.69, 9.17) is 4.84 Å². The average Bonchev–Trinajstić information content (AvgIpc) is 3.17. The van der Waals surface area contributed by atoms with Crippen molar-refractivity contribution in [1.29, 1.82) is 0 Å². The Morgan fingerprint density at radius 2 is 2.14 bits per heavy atom. The molecule has 0 N–H and O–H groups in total. The van der Waals surface area contributed by atoms with Crippen molar-refractivity contribution in [2.75, 3.05) is 0 Å². The summed E-state index contributed by atoms with van der Waals surface area (Å²) in [6.07, 6.45) is 1.15. The molecule has 2 aromatic rings. The van der Waals surface area contributed by atoms with Crippen LogP contribution in [0.5, 0.6) is 0 Å². The summed E-state index contributed by atoms with van der Waals surface area (Å²) in [7, 11) is 0. The topological polar surface area (TPSA) is 78.4 Å². The minimum absolute atomic E-state index is 0.0480. The lowest BCUT2D eigenvalue weighted by molar-refractivity contribution is -0.743. The van der Waals surface area contributed by atoms with E-state index in [-0.39, 0.29) is 22.7 Å². The largest absolute Gasteiger partial charge is 0.393 e. The summed E-state index contributed by atoms with van der Waals surface area (Å²) in [4.78, 5) is 17.8. The lowest BCUT2D eigenvalue weighted by Gasteiger charge is -2.07. The van der Waals surface area contributed by atoms with Gasteiger partial charge in [0, 0.05) is 20.7 Å². The fraction of sp³-hybridized carbons (Fsp3) is 0.154. The van der Waals surface area contributed by atoms with Crippen LogP contribution in [0.3, 0.4) is 0 Å². The van der Waals surface area contributed by atoms with Crippen LogP contribution in [0.25, 0.3) is 6.08 Å². The van der Waals surface area contributed by atoms with E-state index in [2.05, 4.69) is 0 Å². The minimum atomic E-state index is -0.542. The molecule has 0 aromatic carbocycles. The second-order valence-corrected chi connectivity index (χ2v) is 6.28. The molecule has 3 rings (SSSR count). The van der Waals surface area contributed by atoms with Gasteiger partial charge in [0.25, 0.3) is 0 Å². The summed E-state index contributed by atoms with van der Waals surface area (Å²) >= 11 is 2.83. The Morgan fingerprint density at radius 3 is 2.76 bits per heavy atom. The molecule has 21 heavy (non-hydrogen) atoms. The van der Waals surface area contributed by atoms with Crippen molar-refractivity contribution < 1.29 is 14.7 Å². The molecule has 1 unspecified atom stereocenters. The Labute approximate surface area is 127 Å². The van der Waals surface area contributed by atoms with Crippen molar-refractivity contribution in [2.45, 2.75) is 12.5 Å². The lowest BCUT2D eigenvalue weighted by Crippen LogP contribution is -2.15. The van der Waals surface area contributed by atoms with Gasteiger partial charge >= 0.3 is 11.4 Å². The van der Waals surface area contributed by atoms with Crippen molar-refractivity contribution in [3.8, 4) is 0 Å². The fourth-order valence-corrected chi connectivity index (χ4v) is 3.44. The van der Waals surface area contributed by atoms with E-state index in [1.807, 2.05) is 22.9 Å². The number of thiophene rings is 2. The highest BCUT2D eigenvalue weighted by atomic mass is 32.1. The maximum atomic E-state index is 11.9. The van der Waals surface area contributed by atoms with Crippen LogP contribution in [0, 0.1) is 15.3 Å². The summed E-state index contributed by atoms with van der Waals surface area (Å²) in [5.41, 5.74) is -0.168. The van der Waals surface area contributed by atoms with Gasteiger partial charge in [-0.25, -0.2) is 0 Å². The first-order chi connectivity index (χ1) is 10.1. The van der Waals surface area contributed by atoms with Gasteiger partial charge in [0.05, 0.1) is 11.3 Å². The molecule has 0 spiro atoms. The molecule has 1 aliphatic heterocycles. The second-order valence-electron chi connectivity index (χ2n) is 4.32. The van der Waals surface area contributed by atoms with Gasteiger partial charge in [-0.05, 0) is 22.9 Å². The van der Waals surface area contributed by atoms with Crippen LogP contribution in [0.2, 0.25) is 0 Å². The van der Waals surface area contributed by atoms with Crippen LogP contribution in [-0.2, 0) is 4.84 Å². The molecule has 1 aliphatic rings.